The second-order valence-electron chi connectivity index (χ2n) is 4.59. The number of anilines is 1. The highest BCUT2D eigenvalue weighted by molar-refractivity contribution is 6.36. The van der Waals surface area contributed by atoms with Crippen molar-refractivity contribution < 1.29 is 4.79 Å². The SMILES string of the molecule is Cc1nn(Cc2c(Cl)cccc2Cl)c(C)c1NC(=O)CCl. The molecule has 2 aromatic rings. The van der Waals surface area contributed by atoms with Gasteiger partial charge >= 0.3 is 0 Å². The average Bonchev–Trinajstić information content (AvgIpc) is 2.70. The van der Waals surface area contributed by atoms with Crippen LogP contribution in [0.15, 0.2) is 18.2 Å². The first-order valence-electron chi connectivity index (χ1n) is 6.26. The van der Waals surface area contributed by atoms with Crippen LogP contribution in [-0.2, 0) is 11.3 Å². The lowest BCUT2D eigenvalue weighted by atomic mass is 10.2. The Bertz CT molecular complexity index is 662. The molecule has 1 aromatic heterocycles. The van der Waals surface area contributed by atoms with E-state index in [0.717, 1.165) is 11.3 Å². The van der Waals surface area contributed by atoms with Crippen molar-refractivity contribution in [1.29, 1.82) is 0 Å². The fraction of sp³-hybridized carbons (Fsp3) is 0.286. The number of nitrogens with one attached hydrogen (secondary N) is 1. The maximum Gasteiger partial charge on any atom is 0.239 e. The number of nitrogens with zero attached hydrogens (tertiary/aromatic N) is 2. The quantitative estimate of drug-likeness (QED) is 0.850. The monoisotopic (exact) mass is 345 g/mol. The van der Waals surface area contributed by atoms with Crippen molar-refractivity contribution in [3.8, 4) is 0 Å². The molecular weight excluding hydrogens is 333 g/mol. The lowest BCUT2D eigenvalue weighted by Crippen LogP contribution is -2.14. The number of rotatable bonds is 4. The molecule has 0 saturated carbocycles. The minimum atomic E-state index is -0.266. The standard InChI is InChI=1S/C14H14Cl3N3O/c1-8-14(18-13(21)6-15)9(2)20(19-8)7-10-11(16)4-3-5-12(10)17/h3-5H,6-7H2,1-2H3,(H,18,21). The van der Waals surface area contributed by atoms with Gasteiger partial charge in [0.15, 0.2) is 0 Å². The van der Waals surface area contributed by atoms with E-state index in [9.17, 15) is 4.79 Å². The smallest absolute Gasteiger partial charge is 0.239 e. The van der Waals surface area contributed by atoms with E-state index in [1.165, 1.54) is 0 Å². The Kier molecular flexibility index (Phi) is 5.14. The van der Waals surface area contributed by atoms with Gasteiger partial charge in [-0.05, 0) is 26.0 Å². The zero-order chi connectivity index (χ0) is 15.6. The molecule has 21 heavy (non-hydrogen) atoms. The highest BCUT2D eigenvalue weighted by atomic mass is 35.5. The van der Waals surface area contributed by atoms with Crippen molar-refractivity contribution in [3.63, 3.8) is 0 Å². The van der Waals surface area contributed by atoms with Crippen LogP contribution in [0.3, 0.4) is 0 Å². The van der Waals surface area contributed by atoms with Gasteiger partial charge in [0.05, 0.1) is 23.6 Å². The molecule has 0 atom stereocenters. The lowest BCUT2D eigenvalue weighted by Gasteiger charge is -2.09. The molecule has 1 N–H and O–H groups in total. The maximum absolute atomic E-state index is 11.4. The summed E-state index contributed by atoms with van der Waals surface area (Å²) in [6.07, 6.45) is 0. The van der Waals surface area contributed by atoms with Crippen molar-refractivity contribution in [2.45, 2.75) is 20.4 Å². The number of hydrogen-bond acceptors (Lipinski definition) is 2. The minimum absolute atomic E-state index is 0.0968. The van der Waals surface area contributed by atoms with Gasteiger partial charge in [0.2, 0.25) is 5.91 Å². The Hall–Kier alpha value is -1.23. The number of carbonyl (C=O) groups excluding carboxylic acids is 1. The molecule has 0 unspecified atom stereocenters. The zero-order valence-corrected chi connectivity index (χ0v) is 13.9. The van der Waals surface area contributed by atoms with Crippen molar-refractivity contribution in [2.75, 3.05) is 11.2 Å². The van der Waals surface area contributed by atoms with Crippen LogP contribution >= 0.6 is 34.8 Å². The van der Waals surface area contributed by atoms with Crippen LogP contribution in [0.5, 0.6) is 0 Å². The summed E-state index contributed by atoms with van der Waals surface area (Å²) in [7, 11) is 0. The van der Waals surface area contributed by atoms with E-state index in [4.69, 9.17) is 34.8 Å². The van der Waals surface area contributed by atoms with Gasteiger partial charge in [0.25, 0.3) is 0 Å². The predicted molar refractivity (Wildman–Crippen MR) is 86.6 cm³/mol. The number of carbonyl (C=O) groups is 1. The third-order valence-corrected chi connectivity index (χ3v) is 4.09. The molecule has 1 heterocycles. The minimum Gasteiger partial charge on any atom is -0.322 e. The summed E-state index contributed by atoms with van der Waals surface area (Å²) in [5.41, 5.74) is 3.00. The second kappa shape index (κ2) is 6.69. The second-order valence-corrected chi connectivity index (χ2v) is 5.67. The summed E-state index contributed by atoms with van der Waals surface area (Å²) < 4.78 is 1.76. The molecule has 112 valence electrons. The molecular formula is C14H14Cl3N3O. The number of alkyl halides is 1. The Balaban J connectivity index is 2.34. The fourth-order valence-corrected chi connectivity index (χ4v) is 2.62. The summed E-state index contributed by atoms with van der Waals surface area (Å²) in [5, 5.41) is 8.33. The van der Waals surface area contributed by atoms with Gasteiger partial charge in [-0.25, -0.2) is 0 Å². The molecule has 0 bridgehead atoms. The Morgan fingerprint density at radius 1 is 1.29 bits per heavy atom. The zero-order valence-electron chi connectivity index (χ0n) is 11.6. The van der Waals surface area contributed by atoms with Crippen LogP contribution in [-0.4, -0.2) is 21.6 Å². The summed E-state index contributed by atoms with van der Waals surface area (Å²) in [5.74, 6) is -0.362. The molecule has 0 radical (unpaired) electrons. The van der Waals surface area contributed by atoms with E-state index in [-0.39, 0.29) is 11.8 Å². The fourth-order valence-electron chi connectivity index (χ4n) is 2.04. The Morgan fingerprint density at radius 2 is 1.90 bits per heavy atom. The predicted octanol–water partition coefficient (Wildman–Crippen LogP) is 4.03. The molecule has 0 fully saturated rings. The largest absolute Gasteiger partial charge is 0.322 e. The number of halogens is 3. The molecule has 0 aliphatic carbocycles. The molecule has 1 amide bonds. The van der Waals surface area contributed by atoms with Gasteiger partial charge in [0.1, 0.15) is 5.88 Å². The molecule has 0 aliphatic rings. The van der Waals surface area contributed by atoms with Gasteiger partial charge in [-0.2, -0.15) is 5.10 Å². The van der Waals surface area contributed by atoms with E-state index in [2.05, 4.69) is 10.4 Å². The number of aromatic nitrogens is 2. The number of amides is 1. The maximum atomic E-state index is 11.4. The number of benzene rings is 1. The normalized spacial score (nSPS) is 10.7. The van der Waals surface area contributed by atoms with Crippen LogP contribution in [0.4, 0.5) is 5.69 Å². The van der Waals surface area contributed by atoms with E-state index in [0.29, 0.717) is 28.0 Å². The van der Waals surface area contributed by atoms with Gasteiger partial charge in [0, 0.05) is 15.6 Å². The van der Waals surface area contributed by atoms with Crippen LogP contribution < -0.4 is 5.32 Å². The average molecular weight is 347 g/mol. The molecule has 4 nitrogen and oxygen atoms in total. The molecule has 0 saturated heterocycles. The summed E-state index contributed by atoms with van der Waals surface area (Å²) in [6.45, 7) is 4.12. The van der Waals surface area contributed by atoms with Crippen LogP contribution in [0, 0.1) is 13.8 Å². The third-order valence-electron chi connectivity index (χ3n) is 3.14. The molecule has 0 spiro atoms. The molecule has 1 aromatic carbocycles. The summed E-state index contributed by atoms with van der Waals surface area (Å²) in [6, 6.07) is 5.36. The first-order valence-corrected chi connectivity index (χ1v) is 7.55. The lowest BCUT2D eigenvalue weighted by molar-refractivity contribution is -0.113. The van der Waals surface area contributed by atoms with Gasteiger partial charge in [-0.3, -0.25) is 9.48 Å². The molecule has 0 aliphatic heterocycles. The van der Waals surface area contributed by atoms with Crippen LogP contribution in [0.25, 0.3) is 0 Å². The van der Waals surface area contributed by atoms with E-state index < -0.39 is 0 Å². The highest BCUT2D eigenvalue weighted by Crippen LogP contribution is 2.27. The van der Waals surface area contributed by atoms with E-state index >= 15 is 0 Å². The summed E-state index contributed by atoms with van der Waals surface area (Å²) in [4.78, 5) is 11.4. The van der Waals surface area contributed by atoms with Crippen molar-refractivity contribution in [1.82, 2.24) is 9.78 Å². The first-order chi connectivity index (χ1) is 9.93. The Labute approximate surface area is 138 Å². The highest BCUT2D eigenvalue weighted by Gasteiger charge is 2.15. The van der Waals surface area contributed by atoms with Gasteiger partial charge in [-0.15, -0.1) is 11.6 Å². The third kappa shape index (κ3) is 3.51. The van der Waals surface area contributed by atoms with E-state index in [1.54, 1.807) is 22.9 Å². The van der Waals surface area contributed by atoms with E-state index in [1.807, 2.05) is 13.8 Å². The van der Waals surface area contributed by atoms with Crippen molar-refractivity contribution in [3.05, 3.63) is 45.2 Å². The number of hydrogen-bond donors (Lipinski definition) is 1. The topological polar surface area (TPSA) is 46.9 Å². The number of aryl methyl sites for hydroxylation is 1. The molecule has 2 rings (SSSR count). The van der Waals surface area contributed by atoms with Crippen LogP contribution in [0.2, 0.25) is 10.0 Å². The molecule has 7 heteroatoms. The van der Waals surface area contributed by atoms with Gasteiger partial charge in [-0.1, -0.05) is 29.3 Å². The summed E-state index contributed by atoms with van der Waals surface area (Å²) >= 11 is 17.9. The van der Waals surface area contributed by atoms with Crippen molar-refractivity contribution in [2.24, 2.45) is 0 Å². The first kappa shape index (κ1) is 16.1. The van der Waals surface area contributed by atoms with Crippen LogP contribution in [0.1, 0.15) is 17.0 Å². The van der Waals surface area contributed by atoms with Crippen molar-refractivity contribution >= 4 is 46.4 Å². The van der Waals surface area contributed by atoms with Gasteiger partial charge < -0.3 is 5.32 Å². The Morgan fingerprint density at radius 3 is 2.48 bits per heavy atom.